The van der Waals surface area contributed by atoms with Gasteiger partial charge in [-0.1, -0.05) is 6.92 Å². The molecule has 6 heteroatoms. The molecule has 1 saturated heterocycles. The van der Waals surface area contributed by atoms with Crippen molar-refractivity contribution in [1.82, 2.24) is 4.90 Å². The summed E-state index contributed by atoms with van der Waals surface area (Å²) in [6.45, 7) is 13.6. The van der Waals surface area contributed by atoms with Crippen molar-refractivity contribution in [3.8, 4) is 0 Å². The highest BCUT2D eigenvalue weighted by molar-refractivity contribution is 5.71. The predicted octanol–water partition coefficient (Wildman–Crippen LogP) is 2.95. The van der Waals surface area contributed by atoms with Gasteiger partial charge in [-0.2, -0.15) is 0 Å². The second-order valence-corrected chi connectivity index (χ2v) is 7.16. The molecule has 0 spiro atoms. The van der Waals surface area contributed by atoms with E-state index in [1.165, 1.54) is 0 Å². The van der Waals surface area contributed by atoms with Gasteiger partial charge in [-0.05, 0) is 47.5 Å². The highest BCUT2D eigenvalue weighted by Gasteiger charge is 2.47. The molecule has 2 atom stereocenters. The van der Waals surface area contributed by atoms with Crippen molar-refractivity contribution in [1.29, 1.82) is 0 Å². The van der Waals surface area contributed by atoms with Crippen molar-refractivity contribution < 1.29 is 23.8 Å². The average molecular weight is 315 g/mol. The minimum Gasteiger partial charge on any atom is -0.466 e. The van der Waals surface area contributed by atoms with Crippen LogP contribution in [-0.4, -0.2) is 47.5 Å². The quantitative estimate of drug-likeness (QED) is 0.746. The Morgan fingerprint density at radius 2 is 1.95 bits per heavy atom. The summed E-state index contributed by atoms with van der Waals surface area (Å²) in [6, 6.07) is -0.214. The molecule has 1 heterocycles. The summed E-state index contributed by atoms with van der Waals surface area (Å²) >= 11 is 0. The van der Waals surface area contributed by atoms with Crippen LogP contribution in [0.3, 0.4) is 0 Å². The lowest BCUT2D eigenvalue weighted by molar-refractivity contribution is -0.144. The molecule has 0 radical (unpaired) electrons. The molecule has 0 aromatic rings. The Kier molecular flexibility index (Phi) is 5.84. The average Bonchev–Trinajstić information content (AvgIpc) is 2.62. The topological polar surface area (TPSA) is 65.1 Å². The van der Waals surface area contributed by atoms with Gasteiger partial charge in [0.15, 0.2) is 0 Å². The number of carbonyl (C=O) groups is 2. The van der Waals surface area contributed by atoms with Crippen LogP contribution in [0, 0.1) is 5.92 Å². The van der Waals surface area contributed by atoms with E-state index in [-0.39, 0.29) is 24.3 Å². The van der Waals surface area contributed by atoms with Gasteiger partial charge >= 0.3 is 12.1 Å². The maximum Gasteiger partial charge on any atom is 0.412 e. The van der Waals surface area contributed by atoms with Crippen LogP contribution in [0.5, 0.6) is 0 Å². The molecule has 0 aromatic carbocycles. The minimum atomic E-state index is -0.754. The smallest absolute Gasteiger partial charge is 0.412 e. The molecular weight excluding hydrogens is 286 g/mol. The Labute approximate surface area is 133 Å². The van der Waals surface area contributed by atoms with Gasteiger partial charge in [0.25, 0.3) is 0 Å². The number of carbonyl (C=O) groups excluding carboxylic acids is 2. The molecule has 1 unspecified atom stereocenters. The Morgan fingerprint density at radius 3 is 2.45 bits per heavy atom. The van der Waals surface area contributed by atoms with E-state index in [0.717, 1.165) is 0 Å². The van der Waals surface area contributed by atoms with Crippen LogP contribution in [0.1, 0.15) is 54.9 Å². The van der Waals surface area contributed by atoms with E-state index in [1.807, 2.05) is 41.5 Å². The number of nitrogens with zero attached hydrogens (tertiary/aromatic N) is 1. The van der Waals surface area contributed by atoms with Crippen molar-refractivity contribution in [2.45, 2.75) is 72.3 Å². The number of ether oxygens (including phenoxy) is 3. The van der Waals surface area contributed by atoms with Gasteiger partial charge in [0.2, 0.25) is 0 Å². The summed E-state index contributed by atoms with van der Waals surface area (Å²) in [6.07, 6.45) is -0.173. The van der Waals surface area contributed by atoms with Crippen molar-refractivity contribution in [3.05, 3.63) is 0 Å². The number of hydrogen-bond donors (Lipinski definition) is 0. The van der Waals surface area contributed by atoms with Crippen LogP contribution in [0.15, 0.2) is 0 Å². The lowest BCUT2D eigenvalue weighted by Gasteiger charge is -2.36. The van der Waals surface area contributed by atoms with Gasteiger partial charge in [0, 0.05) is 0 Å². The van der Waals surface area contributed by atoms with Gasteiger partial charge in [-0.3, -0.25) is 9.69 Å². The highest BCUT2D eigenvalue weighted by atomic mass is 16.6. The van der Waals surface area contributed by atoms with Gasteiger partial charge in [0.05, 0.1) is 25.7 Å². The van der Waals surface area contributed by atoms with E-state index in [9.17, 15) is 9.59 Å². The lowest BCUT2D eigenvalue weighted by Crippen LogP contribution is -2.51. The monoisotopic (exact) mass is 315 g/mol. The fourth-order valence-corrected chi connectivity index (χ4v) is 2.54. The minimum absolute atomic E-state index is 0.0756. The highest BCUT2D eigenvalue weighted by Crippen LogP contribution is 2.33. The molecular formula is C16H29NO5. The van der Waals surface area contributed by atoms with E-state index < -0.39 is 17.4 Å². The first-order valence-corrected chi connectivity index (χ1v) is 7.80. The number of amides is 1. The first kappa shape index (κ1) is 18.7. The molecule has 1 rings (SSSR count). The normalized spacial score (nSPS) is 22.3. The van der Waals surface area contributed by atoms with Gasteiger partial charge in [-0.15, -0.1) is 0 Å². The molecule has 128 valence electrons. The molecule has 0 aliphatic carbocycles. The lowest BCUT2D eigenvalue weighted by atomic mass is 9.97. The van der Waals surface area contributed by atoms with Crippen LogP contribution in [0.25, 0.3) is 0 Å². The molecule has 0 N–H and O–H groups in total. The zero-order valence-electron chi connectivity index (χ0n) is 14.8. The van der Waals surface area contributed by atoms with Crippen molar-refractivity contribution in [2.24, 2.45) is 5.92 Å². The number of rotatable bonds is 4. The van der Waals surface area contributed by atoms with E-state index in [2.05, 4.69) is 0 Å². The zero-order valence-corrected chi connectivity index (χ0v) is 14.8. The third-order valence-corrected chi connectivity index (χ3v) is 3.56. The first-order valence-electron chi connectivity index (χ1n) is 7.80. The third kappa shape index (κ3) is 4.87. The Hall–Kier alpha value is -1.30. The summed E-state index contributed by atoms with van der Waals surface area (Å²) in [5, 5.41) is 0. The summed E-state index contributed by atoms with van der Waals surface area (Å²) in [7, 11) is 0. The van der Waals surface area contributed by atoms with Gasteiger partial charge < -0.3 is 14.2 Å². The van der Waals surface area contributed by atoms with E-state index >= 15 is 0 Å². The zero-order chi connectivity index (χ0) is 17.1. The molecule has 1 amide bonds. The molecule has 6 nitrogen and oxygen atoms in total. The second-order valence-electron chi connectivity index (χ2n) is 7.16. The predicted molar refractivity (Wildman–Crippen MR) is 82.3 cm³/mol. The van der Waals surface area contributed by atoms with Crippen LogP contribution in [0.2, 0.25) is 0 Å². The molecule has 0 aromatic heterocycles. The molecule has 1 aliphatic heterocycles. The molecule has 1 fully saturated rings. The molecule has 0 bridgehead atoms. The first-order chi connectivity index (χ1) is 9.98. The van der Waals surface area contributed by atoms with Gasteiger partial charge in [0.1, 0.15) is 11.3 Å². The van der Waals surface area contributed by atoms with Gasteiger partial charge in [-0.25, -0.2) is 4.79 Å². The number of hydrogen-bond acceptors (Lipinski definition) is 5. The van der Waals surface area contributed by atoms with Crippen LogP contribution >= 0.6 is 0 Å². The second kappa shape index (κ2) is 6.86. The summed E-state index contributed by atoms with van der Waals surface area (Å²) in [5.41, 5.74) is -1.33. The molecule has 0 saturated carbocycles. The van der Waals surface area contributed by atoms with E-state index in [0.29, 0.717) is 13.2 Å². The van der Waals surface area contributed by atoms with Crippen molar-refractivity contribution >= 4 is 12.1 Å². The number of esters is 1. The Morgan fingerprint density at radius 1 is 1.36 bits per heavy atom. The Balaban J connectivity index is 2.84. The molecule has 22 heavy (non-hydrogen) atoms. The summed E-state index contributed by atoms with van der Waals surface area (Å²) < 4.78 is 16.2. The third-order valence-electron chi connectivity index (χ3n) is 3.56. The van der Waals surface area contributed by atoms with Crippen molar-refractivity contribution in [2.75, 3.05) is 13.2 Å². The molecule has 1 aliphatic rings. The van der Waals surface area contributed by atoms with Crippen LogP contribution < -0.4 is 0 Å². The SMILES string of the molecule is CCOC(=O)CC(C)[C@H]1COC(C)(C)N1C(=O)OC(C)(C)C. The van der Waals surface area contributed by atoms with E-state index in [4.69, 9.17) is 14.2 Å². The maximum absolute atomic E-state index is 12.5. The van der Waals surface area contributed by atoms with E-state index in [1.54, 1.807) is 11.8 Å². The summed E-state index contributed by atoms with van der Waals surface area (Å²) in [4.78, 5) is 25.8. The standard InChI is InChI=1S/C16H29NO5/c1-8-20-13(18)9-11(2)12-10-21-16(6,7)17(12)14(19)22-15(3,4)5/h11-12H,8-10H2,1-7H3/t11?,12-/m1/s1. The van der Waals surface area contributed by atoms with Crippen LogP contribution in [0.4, 0.5) is 4.79 Å². The van der Waals surface area contributed by atoms with Crippen LogP contribution in [-0.2, 0) is 19.0 Å². The largest absolute Gasteiger partial charge is 0.466 e. The van der Waals surface area contributed by atoms with Crippen molar-refractivity contribution in [3.63, 3.8) is 0 Å². The summed E-state index contributed by atoms with van der Waals surface area (Å²) in [5.74, 6) is -0.336. The fraction of sp³-hybridized carbons (Fsp3) is 0.875. The Bertz CT molecular complexity index is 413. The fourth-order valence-electron chi connectivity index (χ4n) is 2.54. The maximum atomic E-state index is 12.5.